The Balaban J connectivity index is 2.11. The smallest absolute Gasteiger partial charge is 0.336 e. The van der Waals surface area contributed by atoms with Crippen LogP contribution in [0.4, 0.5) is 0 Å². The molecule has 126 valence electrons. The lowest BCUT2D eigenvalue weighted by atomic mass is 9.78. The van der Waals surface area contributed by atoms with Gasteiger partial charge in [-0.25, -0.2) is 4.79 Å². The molecule has 2 aromatic carbocycles. The minimum absolute atomic E-state index is 0.0868. The van der Waals surface area contributed by atoms with Crippen molar-refractivity contribution in [1.29, 1.82) is 0 Å². The molecule has 0 saturated heterocycles. The Morgan fingerprint density at radius 2 is 1.58 bits per heavy atom. The molecule has 0 radical (unpaired) electrons. The second-order valence-corrected chi connectivity index (χ2v) is 6.15. The lowest BCUT2D eigenvalue weighted by Gasteiger charge is -2.26. The molecule has 0 atom stereocenters. The number of hydrogen-bond acceptors (Lipinski definition) is 3. The first kappa shape index (κ1) is 17.8. The van der Waals surface area contributed by atoms with E-state index in [1.165, 1.54) is 17.4 Å². The predicted molar refractivity (Wildman–Crippen MR) is 96.0 cm³/mol. The lowest BCUT2D eigenvalue weighted by molar-refractivity contribution is -0.138. The summed E-state index contributed by atoms with van der Waals surface area (Å²) in [6.07, 6.45) is 1.43. The van der Waals surface area contributed by atoms with Gasteiger partial charge >= 0.3 is 5.97 Å². The molecule has 0 saturated carbocycles. The molecule has 0 amide bonds. The number of benzene rings is 2. The van der Waals surface area contributed by atoms with Gasteiger partial charge in [0.1, 0.15) is 12.0 Å². The van der Waals surface area contributed by atoms with Crippen LogP contribution in [0.15, 0.2) is 66.4 Å². The van der Waals surface area contributed by atoms with Gasteiger partial charge in [0, 0.05) is 5.41 Å². The van der Waals surface area contributed by atoms with Crippen LogP contribution in [0.3, 0.4) is 0 Å². The minimum atomic E-state index is -0.362. The van der Waals surface area contributed by atoms with E-state index in [0.29, 0.717) is 17.9 Å². The molecule has 2 rings (SSSR count). The summed E-state index contributed by atoms with van der Waals surface area (Å²) in [7, 11) is 0. The number of ether oxygens (including phenoxy) is 2. The van der Waals surface area contributed by atoms with Crippen molar-refractivity contribution in [2.45, 2.75) is 33.1 Å². The molecule has 0 aromatic heterocycles. The van der Waals surface area contributed by atoms with Crippen LogP contribution in [0.2, 0.25) is 0 Å². The van der Waals surface area contributed by atoms with Gasteiger partial charge in [-0.05, 0) is 37.1 Å². The largest absolute Gasteiger partial charge is 0.464 e. The summed E-state index contributed by atoms with van der Waals surface area (Å²) in [4.78, 5) is 11.5. The third-order valence-corrected chi connectivity index (χ3v) is 4.04. The average molecular weight is 324 g/mol. The van der Waals surface area contributed by atoms with Gasteiger partial charge in [-0.2, -0.15) is 0 Å². The van der Waals surface area contributed by atoms with E-state index in [-0.39, 0.29) is 11.4 Å². The van der Waals surface area contributed by atoms with Crippen LogP contribution in [0.5, 0.6) is 5.75 Å². The first-order chi connectivity index (χ1) is 11.4. The maximum absolute atomic E-state index is 11.5. The van der Waals surface area contributed by atoms with E-state index in [1.807, 2.05) is 18.2 Å². The van der Waals surface area contributed by atoms with Crippen molar-refractivity contribution in [2.24, 2.45) is 0 Å². The number of carbonyl (C=O) groups excluding carboxylic acids is 1. The van der Waals surface area contributed by atoms with Crippen molar-refractivity contribution < 1.29 is 14.3 Å². The van der Waals surface area contributed by atoms with E-state index in [9.17, 15) is 4.79 Å². The molecule has 0 N–H and O–H groups in total. The standard InChI is InChI=1S/C21H24O3/c1-5-23-20(22)16(2)15-24-19-13-11-18(12-14-19)21(3,4)17-9-7-6-8-10-17/h6-15H,5H2,1-4H3/b16-15+. The lowest BCUT2D eigenvalue weighted by Crippen LogP contribution is -2.18. The summed E-state index contributed by atoms with van der Waals surface area (Å²) >= 11 is 0. The Morgan fingerprint density at radius 1 is 1.00 bits per heavy atom. The first-order valence-electron chi connectivity index (χ1n) is 8.11. The molecule has 0 aliphatic heterocycles. The summed E-state index contributed by atoms with van der Waals surface area (Å²) < 4.78 is 10.5. The van der Waals surface area contributed by atoms with Gasteiger partial charge < -0.3 is 9.47 Å². The Hall–Kier alpha value is -2.55. The van der Waals surface area contributed by atoms with Crippen molar-refractivity contribution >= 4 is 5.97 Å². The molecule has 0 bridgehead atoms. The fraction of sp³-hybridized carbons (Fsp3) is 0.286. The van der Waals surface area contributed by atoms with Crippen LogP contribution in [-0.2, 0) is 14.9 Å². The molecule has 0 aliphatic carbocycles. The van der Waals surface area contributed by atoms with Crippen LogP contribution in [0.1, 0.15) is 38.8 Å². The third-order valence-electron chi connectivity index (χ3n) is 4.04. The number of carbonyl (C=O) groups is 1. The van der Waals surface area contributed by atoms with Gasteiger partial charge in [-0.15, -0.1) is 0 Å². The van der Waals surface area contributed by atoms with Crippen LogP contribution in [-0.4, -0.2) is 12.6 Å². The second-order valence-electron chi connectivity index (χ2n) is 6.15. The average Bonchev–Trinajstić information content (AvgIpc) is 2.61. The van der Waals surface area contributed by atoms with Gasteiger partial charge in [0.15, 0.2) is 0 Å². The van der Waals surface area contributed by atoms with Gasteiger partial charge in [-0.3, -0.25) is 0 Å². The quantitative estimate of drug-likeness (QED) is 0.432. The Labute approximate surface area is 143 Å². The molecule has 0 spiro atoms. The molecule has 24 heavy (non-hydrogen) atoms. The Bertz CT molecular complexity index is 698. The fourth-order valence-electron chi connectivity index (χ4n) is 2.42. The molecule has 0 heterocycles. The van der Waals surface area contributed by atoms with Crippen molar-refractivity contribution in [1.82, 2.24) is 0 Å². The van der Waals surface area contributed by atoms with Crippen molar-refractivity contribution in [3.63, 3.8) is 0 Å². The fourth-order valence-corrected chi connectivity index (χ4v) is 2.42. The molecular formula is C21H24O3. The van der Waals surface area contributed by atoms with Crippen molar-refractivity contribution in [3.8, 4) is 5.75 Å². The normalized spacial score (nSPS) is 11.9. The van der Waals surface area contributed by atoms with E-state index in [2.05, 4.69) is 50.2 Å². The number of hydrogen-bond donors (Lipinski definition) is 0. The maximum Gasteiger partial charge on any atom is 0.336 e. The highest BCUT2D eigenvalue weighted by molar-refractivity contribution is 5.87. The number of esters is 1. The van der Waals surface area contributed by atoms with Crippen LogP contribution >= 0.6 is 0 Å². The maximum atomic E-state index is 11.5. The van der Waals surface area contributed by atoms with E-state index in [4.69, 9.17) is 9.47 Å². The zero-order valence-electron chi connectivity index (χ0n) is 14.7. The summed E-state index contributed by atoms with van der Waals surface area (Å²) in [6, 6.07) is 18.3. The van der Waals surface area contributed by atoms with Crippen LogP contribution in [0, 0.1) is 0 Å². The topological polar surface area (TPSA) is 35.5 Å². The minimum Gasteiger partial charge on any atom is -0.464 e. The molecule has 3 heteroatoms. The molecule has 3 nitrogen and oxygen atoms in total. The zero-order chi connectivity index (χ0) is 17.6. The van der Waals surface area contributed by atoms with Gasteiger partial charge in [-0.1, -0.05) is 56.3 Å². The third kappa shape index (κ3) is 4.25. The van der Waals surface area contributed by atoms with Crippen LogP contribution < -0.4 is 4.74 Å². The molecule has 0 unspecified atom stereocenters. The molecule has 0 aliphatic rings. The summed E-state index contributed by atoms with van der Waals surface area (Å²) in [5.41, 5.74) is 2.81. The van der Waals surface area contributed by atoms with Gasteiger partial charge in [0.2, 0.25) is 0 Å². The Kier molecular flexibility index (Phi) is 5.80. The van der Waals surface area contributed by atoms with E-state index < -0.39 is 0 Å². The van der Waals surface area contributed by atoms with Gasteiger partial charge in [0.05, 0.1) is 12.2 Å². The highest BCUT2D eigenvalue weighted by Gasteiger charge is 2.22. The SMILES string of the molecule is CCOC(=O)/C(C)=C/Oc1ccc(C(C)(C)c2ccccc2)cc1. The van der Waals surface area contributed by atoms with E-state index in [0.717, 1.165) is 0 Å². The zero-order valence-corrected chi connectivity index (χ0v) is 14.7. The highest BCUT2D eigenvalue weighted by Crippen LogP contribution is 2.32. The predicted octanol–water partition coefficient (Wildman–Crippen LogP) is 4.86. The molecular weight excluding hydrogens is 300 g/mol. The molecule has 0 fully saturated rings. The first-order valence-corrected chi connectivity index (χ1v) is 8.11. The molecule has 2 aromatic rings. The monoisotopic (exact) mass is 324 g/mol. The number of rotatable bonds is 6. The van der Waals surface area contributed by atoms with E-state index >= 15 is 0 Å². The van der Waals surface area contributed by atoms with Crippen molar-refractivity contribution in [2.75, 3.05) is 6.61 Å². The highest BCUT2D eigenvalue weighted by atomic mass is 16.5. The van der Waals surface area contributed by atoms with Crippen LogP contribution in [0.25, 0.3) is 0 Å². The second kappa shape index (κ2) is 7.82. The van der Waals surface area contributed by atoms with Gasteiger partial charge in [0.25, 0.3) is 0 Å². The Morgan fingerprint density at radius 3 is 2.17 bits per heavy atom. The summed E-state index contributed by atoms with van der Waals surface area (Å²) in [5, 5.41) is 0. The summed E-state index contributed by atoms with van der Waals surface area (Å²) in [5.74, 6) is 0.325. The summed E-state index contributed by atoms with van der Waals surface area (Å²) in [6.45, 7) is 8.20. The van der Waals surface area contributed by atoms with Crippen molar-refractivity contribution in [3.05, 3.63) is 77.6 Å². The van der Waals surface area contributed by atoms with E-state index in [1.54, 1.807) is 13.8 Å².